The maximum absolute atomic E-state index is 11.4. The topological polar surface area (TPSA) is 62.6 Å². The number of amides is 2. The summed E-state index contributed by atoms with van der Waals surface area (Å²) in [4.78, 5) is 24.6. The zero-order valence-electron chi connectivity index (χ0n) is 8.94. The predicted molar refractivity (Wildman–Crippen MR) is 56.9 cm³/mol. The number of likely N-dealkylation sites (tertiary alicyclic amines) is 1. The monoisotopic (exact) mass is 222 g/mol. The first-order valence-corrected chi connectivity index (χ1v) is 5.37. The summed E-state index contributed by atoms with van der Waals surface area (Å²) in [7, 11) is 0. The second kappa shape index (κ2) is 4.83. The lowest BCUT2D eigenvalue weighted by Crippen LogP contribution is -2.43. The minimum atomic E-state index is -0.276. The number of rotatable bonds is 4. The van der Waals surface area contributed by atoms with Crippen LogP contribution in [0.2, 0.25) is 0 Å². The Hall–Kier alpha value is -1.78. The fourth-order valence-electron chi connectivity index (χ4n) is 1.50. The molecule has 5 nitrogen and oxygen atoms in total. The number of carbonyl (C=O) groups is 2. The lowest BCUT2D eigenvalue weighted by molar-refractivity contribution is -0.134. The molecule has 5 heteroatoms. The molecule has 1 aromatic heterocycles. The first-order chi connectivity index (χ1) is 7.77. The normalized spacial score (nSPS) is 14.4. The largest absolute Gasteiger partial charge is 0.459 e. The Morgan fingerprint density at radius 3 is 2.81 bits per heavy atom. The van der Waals surface area contributed by atoms with Gasteiger partial charge in [0, 0.05) is 26.1 Å². The summed E-state index contributed by atoms with van der Waals surface area (Å²) >= 11 is 0. The number of furan rings is 1. The lowest BCUT2D eigenvalue weighted by Gasteiger charge is -2.30. The average molecular weight is 222 g/mol. The van der Waals surface area contributed by atoms with E-state index in [-0.39, 0.29) is 17.6 Å². The van der Waals surface area contributed by atoms with E-state index >= 15 is 0 Å². The quantitative estimate of drug-likeness (QED) is 0.812. The van der Waals surface area contributed by atoms with Crippen LogP contribution in [0.5, 0.6) is 0 Å². The smallest absolute Gasteiger partial charge is 0.286 e. The third-order valence-corrected chi connectivity index (χ3v) is 2.58. The Kier molecular flexibility index (Phi) is 3.24. The molecule has 1 aromatic rings. The van der Waals surface area contributed by atoms with Crippen LogP contribution in [0.4, 0.5) is 0 Å². The van der Waals surface area contributed by atoms with Crippen molar-refractivity contribution in [3.63, 3.8) is 0 Å². The predicted octanol–water partition coefficient (Wildman–Crippen LogP) is 0.632. The van der Waals surface area contributed by atoms with Gasteiger partial charge < -0.3 is 14.6 Å². The van der Waals surface area contributed by atoms with E-state index in [0.717, 1.165) is 19.5 Å². The van der Waals surface area contributed by atoms with Crippen LogP contribution in [0.1, 0.15) is 23.4 Å². The first-order valence-electron chi connectivity index (χ1n) is 5.37. The molecular formula is C11H14N2O3. The van der Waals surface area contributed by atoms with Gasteiger partial charge in [-0.2, -0.15) is 0 Å². The second-order valence-electron chi connectivity index (χ2n) is 3.72. The SMILES string of the molecule is O=C(NCCC(=O)N1CCC1)c1ccco1. The van der Waals surface area contributed by atoms with Crippen LogP contribution in [0.25, 0.3) is 0 Å². The number of nitrogens with one attached hydrogen (secondary N) is 1. The molecule has 1 aliphatic rings. The summed E-state index contributed by atoms with van der Waals surface area (Å²) in [6.45, 7) is 2.06. The molecule has 0 spiro atoms. The van der Waals surface area contributed by atoms with Crippen LogP contribution in [0.3, 0.4) is 0 Å². The van der Waals surface area contributed by atoms with Crippen LogP contribution in [0.15, 0.2) is 22.8 Å². The van der Waals surface area contributed by atoms with Crippen molar-refractivity contribution in [3.05, 3.63) is 24.2 Å². The number of carbonyl (C=O) groups excluding carboxylic acids is 2. The van der Waals surface area contributed by atoms with E-state index in [4.69, 9.17) is 4.42 Å². The third-order valence-electron chi connectivity index (χ3n) is 2.58. The van der Waals surface area contributed by atoms with E-state index in [0.29, 0.717) is 13.0 Å². The fourth-order valence-corrected chi connectivity index (χ4v) is 1.50. The molecule has 86 valence electrons. The Balaban J connectivity index is 1.68. The molecule has 0 saturated carbocycles. The van der Waals surface area contributed by atoms with Crippen LogP contribution in [-0.4, -0.2) is 36.3 Å². The molecule has 1 N–H and O–H groups in total. The maximum Gasteiger partial charge on any atom is 0.286 e. The highest BCUT2D eigenvalue weighted by Gasteiger charge is 2.19. The van der Waals surface area contributed by atoms with Crippen molar-refractivity contribution in [1.82, 2.24) is 10.2 Å². The van der Waals surface area contributed by atoms with Gasteiger partial charge in [-0.3, -0.25) is 9.59 Å². The van der Waals surface area contributed by atoms with Crippen molar-refractivity contribution in [2.75, 3.05) is 19.6 Å². The Bertz CT molecular complexity index is 369. The molecule has 0 atom stereocenters. The summed E-state index contributed by atoms with van der Waals surface area (Å²) in [6, 6.07) is 3.24. The highest BCUT2D eigenvalue weighted by Crippen LogP contribution is 2.07. The van der Waals surface area contributed by atoms with E-state index in [1.165, 1.54) is 6.26 Å². The molecule has 0 bridgehead atoms. The van der Waals surface area contributed by atoms with Gasteiger partial charge in [-0.1, -0.05) is 0 Å². The van der Waals surface area contributed by atoms with Gasteiger partial charge >= 0.3 is 0 Å². The number of hydrogen-bond acceptors (Lipinski definition) is 3. The Labute approximate surface area is 93.4 Å². The van der Waals surface area contributed by atoms with Crippen molar-refractivity contribution in [3.8, 4) is 0 Å². The Morgan fingerprint density at radius 2 is 2.25 bits per heavy atom. The van der Waals surface area contributed by atoms with E-state index in [9.17, 15) is 9.59 Å². The molecule has 1 aliphatic heterocycles. The summed E-state index contributed by atoms with van der Waals surface area (Å²) < 4.78 is 4.93. The molecule has 0 aliphatic carbocycles. The number of nitrogens with zero attached hydrogens (tertiary/aromatic N) is 1. The lowest BCUT2D eigenvalue weighted by atomic mass is 10.2. The molecular weight excluding hydrogens is 208 g/mol. The van der Waals surface area contributed by atoms with Gasteiger partial charge in [0.05, 0.1) is 6.26 Å². The van der Waals surface area contributed by atoms with E-state index in [1.807, 2.05) is 0 Å². The fraction of sp³-hybridized carbons (Fsp3) is 0.455. The van der Waals surface area contributed by atoms with Gasteiger partial charge in [-0.25, -0.2) is 0 Å². The molecule has 2 heterocycles. The molecule has 2 amide bonds. The molecule has 16 heavy (non-hydrogen) atoms. The average Bonchev–Trinajstić information content (AvgIpc) is 2.67. The third kappa shape index (κ3) is 2.42. The van der Waals surface area contributed by atoms with E-state index in [1.54, 1.807) is 17.0 Å². The van der Waals surface area contributed by atoms with Crippen molar-refractivity contribution < 1.29 is 14.0 Å². The maximum atomic E-state index is 11.4. The summed E-state index contributed by atoms with van der Waals surface area (Å²) in [5.41, 5.74) is 0. The van der Waals surface area contributed by atoms with Gasteiger partial charge in [0.1, 0.15) is 0 Å². The van der Waals surface area contributed by atoms with Crippen LogP contribution in [0, 0.1) is 0 Å². The second-order valence-corrected chi connectivity index (χ2v) is 3.72. The molecule has 2 rings (SSSR count). The van der Waals surface area contributed by atoms with Crippen LogP contribution < -0.4 is 5.32 Å². The van der Waals surface area contributed by atoms with Crippen LogP contribution >= 0.6 is 0 Å². The molecule has 0 aromatic carbocycles. The van der Waals surface area contributed by atoms with Gasteiger partial charge in [0.25, 0.3) is 5.91 Å². The minimum absolute atomic E-state index is 0.103. The van der Waals surface area contributed by atoms with Crippen molar-refractivity contribution in [1.29, 1.82) is 0 Å². The van der Waals surface area contributed by atoms with Crippen molar-refractivity contribution >= 4 is 11.8 Å². The van der Waals surface area contributed by atoms with E-state index < -0.39 is 0 Å². The summed E-state index contributed by atoms with van der Waals surface area (Å²) in [5, 5.41) is 2.64. The molecule has 0 radical (unpaired) electrons. The van der Waals surface area contributed by atoms with Crippen LogP contribution in [-0.2, 0) is 4.79 Å². The van der Waals surface area contributed by atoms with Gasteiger partial charge in [0.2, 0.25) is 5.91 Å². The van der Waals surface area contributed by atoms with Gasteiger partial charge in [-0.15, -0.1) is 0 Å². The Morgan fingerprint density at radius 1 is 1.44 bits per heavy atom. The van der Waals surface area contributed by atoms with E-state index in [2.05, 4.69) is 5.32 Å². The molecule has 0 unspecified atom stereocenters. The highest BCUT2D eigenvalue weighted by atomic mass is 16.3. The number of hydrogen-bond donors (Lipinski definition) is 1. The van der Waals surface area contributed by atoms with Gasteiger partial charge in [-0.05, 0) is 18.6 Å². The summed E-state index contributed by atoms with van der Waals surface area (Å²) in [5.74, 6) is 0.101. The standard InChI is InChI=1S/C11H14N2O3/c14-10(13-6-2-7-13)4-5-12-11(15)9-3-1-8-16-9/h1,3,8H,2,4-7H2,(H,12,15). The van der Waals surface area contributed by atoms with Crippen molar-refractivity contribution in [2.24, 2.45) is 0 Å². The first kappa shape index (κ1) is 10.7. The van der Waals surface area contributed by atoms with Gasteiger partial charge in [0.15, 0.2) is 5.76 Å². The zero-order chi connectivity index (χ0) is 11.4. The van der Waals surface area contributed by atoms with Crippen molar-refractivity contribution in [2.45, 2.75) is 12.8 Å². The highest BCUT2D eigenvalue weighted by molar-refractivity contribution is 5.91. The summed E-state index contributed by atoms with van der Waals surface area (Å²) in [6.07, 6.45) is 2.89. The molecule has 1 fully saturated rings. The minimum Gasteiger partial charge on any atom is -0.459 e. The molecule has 1 saturated heterocycles. The zero-order valence-corrected chi connectivity index (χ0v) is 8.94.